The molecule has 7 nitrogen and oxygen atoms in total. The molecule has 7 heteroatoms. The molecule has 0 unspecified atom stereocenters. The number of nitrogens with one attached hydrogen (secondary N) is 1. The molecule has 0 bridgehead atoms. The van der Waals surface area contributed by atoms with Crippen molar-refractivity contribution in [2.75, 3.05) is 7.11 Å². The summed E-state index contributed by atoms with van der Waals surface area (Å²) in [4.78, 5) is 4.26. The van der Waals surface area contributed by atoms with Gasteiger partial charge in [0.15, 0.2) is 0 Å². The Hall–Kier alpha value is -4.13. The van der Waals surface area contributed by atoms with E-state index in [-0.39, 0.29) is 0 Å². The standard InChI is InChI=1S/C24H23N5O2/c1-29-22(12-14-26-29)10-9-20-15-19(27-28-20)8-6-18-7-11-23(16-24(18)30-2)31-17-21-5-3-4-13-25-21/h3-16H,17H2,1-2H3,(H,27,28). The Bertz CT molecular complexity index is 1190. The zero-order valence-corrected chi connectivity index (χ0v) is 17.4. The van der Waals surface area contributed by atoms with Crippen molar-refractivity contribution in [1.29, 1.82) is 0 Å². The van der Waals surface area contributed by atoms with E-state index in [1.165, 1.54) is 0 Å². The summed E-state index contributed by atoms with van der Waals surface area (Å²) >= 11 is 0. The molecule has 0 saturated heterocycles. The number of H-pyrrole nitrogens is 1. The highest BCUT2D eigenvalue weighted by Gasteiger charge is 2.04. The normalized spacial score (nSPS) is 11.4. The Balaban J connectivity index is 1.42. The first-order valence-electron chi connectivity index (χ1n) is 9.81. The van der Waals surface area contributed by atoms with Gasteiger partial charge in [0.05, 0.1) is 29.9 Å². The minimum Gasteiger partial charge on any atom is -0.496 e. The number of aromatic nitrogens is 5. The van der Waals surface area contributed by atoms with E-state index in [1.807, 2.05) is 84.6 Å². The van der Waals surface area contributed by atoms with Crippen LogP contribution in [0, 0.1) is 0 Å². The van der Waals surface area contributed by atoms with E-state index in [0.717, 1.165) is 39.8 Å². The van der Waals surface area contributed by atoms with E-state index in [2.05, 4.69) is 20.3 Å². The van der Waals surface area contributed by atoms with Crippen molar-refractivity contribution in [3.63, 3.8) is 0 Å². The summed E-state index contributed by atoms with van der Waals surface area (Å²) in [6.07, 6.45) is 11.4. The third kappa shape index (κ3) is 5.27. The largest absolute Gasteiger partial charge is 0.496 e. The Morgan fingerprint density at radius 2 is 1.94 bits per heavy atom. The fraction of sp³-hybridized carbons (Fsp3) is 0.125. The fourth-order valence-corrected chi connectivity index (χ4v) is 2.98. The lowest BCUT2D eigenvalue weighted by atomic mass is 10.1. The Morgan fingerprint density at radius 3 is 2.71 bits per heavy atom. The van der Waals surface area contributed by atoms with Gasteiger partial charge in [0, 0.05) is 31.1 Å². The summed E-state index contributed by atoms with van der Waals surface area (Å²) in [7, 11) is 3.55. The Labute approximate surface area is 180 Å². The number of rotatable bonds is 8. The molecule has 0 aliphatic rings. The summed E-state index contributed by atoms with van der Waals surface area (Å²) in [5.41, 5.74) is 4.55. The van der Waals surface area contributed by atoms with Crippen LogP contribution in [-0.2, 0) is 13.7 Å². The SMILES string of the molecule is COc1cc(OCc2ccccn2)ccc1C=Cc1cc(C=Cc2ccnn2C)[nH]n1. The number of aryl methyl sites for hydroxylation is 1. The highest BCUT2D eigenvalue weighted by Crippen LogP contribution is 2.27. The fourth-order valence-electron chi connectivity index (χ4n) is 2.98. The van der Waals surface area contributed by atoms with Crippen molar-refractivity contribution in [2.24, 2.45) is 7.05 Å². The van der Waals surface area contributed by atoms with Crippen molar-refractivity contribution in [1.82, 2.24) is 25.0 Å². The molecule has 0 aliphatic carbocycles. The van der Waals surface area contributed by atoms with Gasteiger partial charge in [-0.3, -0.25) is 14.8 Å². The van der Waals surface area contributed by atoms with Gasteiger partial charge in [-0.15, -0.1) is 0 Å². The van der Waals surface area contributed by atoms with Gasteiger partial charge in [0.25, 0.3) is 0 Å². The van der Waals surface area contributed by atoms with Crippen molar-refractivity contribution < 1.29 is 9.47 Å². The first-order valence-corrected chi connectivity index (χ1v) is 9.81. The van der Waals surface area contributed by atoms with Crippen LogP contribution in [0.5, 0.6) is 11.5 Å². The second-order valence-electron chi connectivity index (χ2n) is 6.81. The minimum atomic E-state index is 0.404. The summed E-state index contributed by atoms with van der Waals surface area (Å²) in [6, 6.07) is 15.4. The second kappa shape index (κ2) is 9.58. The smallest absolute Gasteiger partial charge is 0.130 e. The van der Waals surface area contributed by atoms with E-state index in [9.17, 15) is 0 Å². The predicted molar refractivity (Wildman–Crippen MR) is 121 cm³/mol. The molecule has 0 fully saturated rings. The van der Waals surface area contributed by atoms with Crippen LogP contribution >= 0.6 is 0 Å². The average molecular weight is 413 g/mol. The zero-order valence-electron chi connectivity index (χ0n) is 17.4. The van der Waals surface area contributed by atoms with Crippen LogP contribution in [0.3, 0.4) is 0 Å². The molecule has 0 radical (unpaired) electrons. The number of methoxy groups -OCH3 is 1. The maximum absolute atomic E-state index is 5.82. The van der Waals surface area contributed by atoms with Crippen LogP contribution < -0.4 is 9.47 Å². The van der Waals surface area contributed by atoms with E-state index < -0.39 is 0 Å². The summed E-state index contributed by atoms with van der Waals surface area (Å²) < 4.78 is 13.2. The molecular weight excluding hydrogens is 390 g/mol. The molecule has 31 heavy (non-hydrogen) atoms. The third-order valence-electron chi connectivity index (χ3n) is 4.66. The molecule has 156 valence electrons. The van der Waals surface area contributed by atoms with Crippen molar-refractivity contribution >= 4 is 24.3 Å². The number of hydrogen-bond donors (Lipinski definition) is 1. The molecule has 0 atom stereocenters. The van der Waals surface area contributed by atoms with Crippen LogP contribution in [0.1, 0.15) is 28.3 Å². The number of benzene rings is 1. The maximum Gasteiger partial charge on any atom is 0.130 e. The molecule has 0 aliphatic heterocycles. The molecule has 1 aromatic carbocycles. The second-order valence-corrected chi connectivity index (χ2v) is 6.81. The van der Waals surface area contributed by atoms with Crippen LogP contribution in [0.2, 0.25) is 0 Å². The lowest BCUT2D eigenvalue weighted by Gasteiger charge is -2.09. The van der Waals surface area contributed by atoms with Gasteiger partial charge in [-0.25, -0.2) is 0 Å². The predicted octanol–water partition coefficient (Wildman–Crippen LogP) is 4.47. The monoisotopic (exact) mass is 413 g/mol. The Morgan fingerprint density at radius 1 is 1.00 bits per heavy atom. The van der Waals surface area contributed by atoms with Gasteiger partial charge in [-0.05, 0) is 60.7 Å². The average Bonchev–Trinajstić information content (AvgIpc) is 3.44. The van der Waals surface area contributed by atoms with Gasteiger partial charge in [0.2, 0.25) is 0 Å². The van der Waals surface area contributed by atoms with Crippen molar-refractivity contribution in [3.05, 3.63) is 89.3 Å². The minimum absolute atomic E-state index is 0.404. The summed E-state index contributed by atoms with van der Waals surface area (Å²) in [5, 5.41) is 11.5. The van der Waals surface area contributed by atoms with Gasteiger partial charge in [-0.1, -0.05) is 6.07 Å². The number of ether oxygens (including phenoxy) is 2. The highest BCUT2D eigenvalue weighted by molar-refractivity contribution is 5.73. The lowest BCUT2D eigenvalue weighted by molar-refractivity contribution is 0.299. The van der Waals surface area contributed by atoms with Crippen LogP contribution in [-0.4, -0.2) is 32.1 Å². The zero-order chi connectivity index (χ0) is 21.5. The van der Waals surface area contributed by atoms with Gasteiger partial charge < -0.3 is 9.47 Å². The first kappa shape index (κ1) is 20.2. The lowest BCUT2D eigenvalue weighted by Crippen LogP contribution is -1.98. The number of pyridine rings is 1. The van der Waals surface area contributed by atoms with E-state index in [0.29, 0.717) is 6.61 Å². The topological polar surface area (TPSA) is 77.9 Å². The van der Waals surface area contributed by atoms with E-state index >= 15 is 0 Å². The number of hydrogen-bond acceptors (Lipinski definition) is 5. The third-order valence-corrected chi connectivity index (χ3v) is 4.66. The van der Waals surface area contributed by atoms with Crippen LogP contribution in [0.15, 0.2) is 60.9 Å². The molecule has 3 aromatic heterocycles. The van der Waals surface area contributed by atoms with Crippen molar-refractivity contribution in [3.8, 4) is 11.5 Å². The molecule has 4 rings (SSSR count). The number of aromatic amines is 1. The van der Waals surface area contributed by atoms with Gasteiger partial charge >= 0.3 is 0 Å². The summed E-state index contributed by atoms with van der Waals surface area (Å²) in [6.45, 7) is 0.404. The highest BCUT2D eigenvalue weighted by atomic mass is 16.5. The first-order chi connectivity index (χ1) is 15.2. The quantitative estimate of drug-likeness (QED) is 0.461. The summed E-state index contributed by atoms with van der Waals surface area (Å²) in [5.74, 6) is 1.45. The molecule has 0 saturated carbocycles. The van der Waals surface area contributed by atoms with Gasteiger partial charge in [-0.2, -0.15) is 10.2 Å². The number of nitrogens with zero attached hydrogens (tertiary/aromatic N) is 4. The molecule has 0 amide bonds. The molecule has 3 heterocycles. The molecule has 4 aromatic rings. The van der Waals surface area contributed by atoms with Gasteiger partial charge in [0.1, 0.15) is 18.1 Å². The van der Waals surface area contributed by atoms with Crippen LogP contribution in [0.4, 0.5) is 0 Å². The van der Waals surface area contributed by atoms with Crippen molar-refractivity contribution in [2.45, 2.75) is 6.61 Å². The van der Waals surface area contributed by atoms with E-state index in [4.69, 9.17) is 9.47 Å². The van der Waals surface area contributed by atoms with E-state index in [1.54, 1.807) is 19.5 Å². The Kier molecular flexibility index (Phi) is 6.23. The maximum atomic E-state index is 5.82. The molecule has 1 N–H and O–H groups in total. The van der Waals surface area contributed by atoms with Crippen LogP contribution in [0.25, 0.3) is 24.3 Å². The molecular formula is C24H23N5O2. The molecule has 0 spiro atoms.